The van der Waals surface area contributed by atoms with Crippen LogP contribution in [0.2, 0.25) is 0 Å². The summed E-state index contributed by atoms with van der Waals surface area (Å²) in [4.78, 5) is 15.9. The van der Waals surface area contributed by atoms with Gasteiger partial charge >= 0.3 is 0 Å². The van der Waals surface area contributed by atoms with Gasteiger partial charge in [-0.1, -0.05) is 20.8 Å². The molecule has 2 rings (SSSR count). The van der Waals surface area contributed by atoms with E-state index in [9.17, 15) is 13.6 Å². The predicted molar refractivity (Wildman–Crippen MR) is 64.1 cm³/mol. The van der Waals surface area contributed by atoms with Gasteiger partial charge in [0, 0.05) is 17.0 Å². The lowest BCUT2D eigenvalue weighted by molar-refractivity contribution is 0.151. The Hall–Kier alpha value is -1.72. The fourth-order valence-corrected chi connectivity index (χ4v) is 1.61. The molecule has 0 unspecified atom stereocenters. The Morgan fingerprint density at radius 1 is 1.44 bits per heavy atom. The van der Waals surface area contributed by atoms with Gasteiger partial charge in [0.1, 0.15) is 5.82 Å². The van der Waals surface area contributed by atoms with Crippen molar-refractivity contribution in [1.82, 2.24) is 14.6 Å². The molecule has 0 aliphatic heterocycles. The van der Waals surface area contributed by atoms with Crippen LogP contribution in [0.3, 0.4) is 0 Å². The van der Waals surface area contributed by atoms with E-state index in [1.165, 1.54) is 10.6 Å². The Balaban J connectivity index is 2.65. The van der Waals surface area contributed by atoms with Crippen molar-refractivity contribution >= 4 is 5.65 Å². The van der Waals surface area contributed by atoms with Crippen LogP contribution in [0, 0.1) is 0 Å². The minimum absolute atomic E-state index is 0.231. The van der Waals surface area contributed by atoms with Crippen LogP contribution in [0.15, 0.2) is 16.9 Å². The molecule has 6 heteroatoms. The zero-order chi connectivity index (χ0) is 13.5. The van der Waals surface area contributed by atoms with Crippen molar-refractivity contribution in [2.45, 2.75) is 39.0 Å². The number of aromatic amines is 1. The molecular weight excluding hydrogens is 240 g/mol. The zero-order valence-electron chi connectivity index (χ0n) is 10.5. The number of pyridine rings is 1. The highest BCUT2D eigenvalue weighted by atomic mass is 19.3. The summed E-state index contributed by atoms with van der Waals surface area (Å²) in [5.74, 6) is 0.619. The lowest BCUT2D eigenvalue weighted by Crippen LogP contribution is -2.19. The lowest BCUT2D eigenvalue weighted by Gasteiger charge is -2.18. The molecule has 0 aromatic carbocycles. The maximum absolute atomic E-state index is 12.6. The number of hydrogen-bond donors (Lipinski definition) is 1. The number of H-pyrrole nitrogens is 1. The Morgan fingerprint density at radius 3 is 2.67 bits per heavy atom. The monoisotopic (exact) mass is 255 g/mol. The van der Waals surface area contributed by atoms with E-state index in [0.717, 1.165) is 12.5 Å². The average molecular weight is 255 g/mol. The Labute approximate surface area is 103 Å². The number of halogens is 2. The molecule has 0 aliphatic rings. The van der Waals surface area contributed by atoms with Gasteiger partial charge < -0.3 is 0 Å². The number of fused-ring (bicyclic) bond motifs is 1. The normalized spacial score (nSPS) is 12.6. The fraction of sp³-hybridized carbons (Fsp3) is 0.500. The summed E-state index contributed by atoms with van der Waals surface area (Å²) >= 11 is 0. The first-order valence-corrected chi connectivity index (χ1v) is 5.76. The molecule has 2 heterocycles. The second kappa shape index (κ2) is 4.19. The first kappa shape index (κ1) is 12.7. The fourth-order valence-electron chi connectivity index (χ4n) is 1.61. The molecule has 1 N–H and O–H groups in total. The van der Waals surface area contributed by atoms with Gasteiger partial charge in [0.2, 0.25) is 0 Å². The van der Waals surface area contributed by atoms with Crippen LogP contribution in [-0.4, -0.2) is 14.6 Å². The molecule has 0 bridgehead atoms. The third kappa shape index (κ3) is 2.02. The summed E-state index contributed by atoms with van der Waals surface area (Å²) in [6.45, 7) is 5.95. The van der Waals surface area contributed by atoms with Crippen LogP contribution in [0.25, 0.3) is 5.65 Å². The molecular formula is C12H15F2N3O. The number of rotatable bonds is 3. The van der Waals surface area contributed by atoms with Crippen LogP contribution in [-0.2, 0) is 5.41 Å². The van der Waals surface area contributed by atoms with Gasteiger partial charge in [-0.25, -0.2) is 18.3 Å². The number of nitrogens with zero attached hydrogens (tertiary/aromatic N) is 2. The Morgan fingerprint density at radius 2 is 2.11 bits per heavy atom. The Kier molecular flexibility index (Phi) is 2.96. The predicted octanol–water partition coefficient (Wildman–Crippen LogP) is 2.65. The van der Waals surface area contributed by atoms with Crippen LogP contribution in [0.5, 0.6) is 0 Å². The van der Waals surface area contributed by atoms with Crippen LogP contribution >= 0.6 is 0 Å². The van der Waals surface area contributed by atoms with Gasteiger partial charge in [0.15, 0.2) is 5.65 Å². The molecule has 2 aromatic rings. The molecule has 0 spiro atoms. The minimum Gasteiger partial charge on any atom is -0.276 e. The van der Waals surface area contributed by atoms with E-state index in [0.29, 0.717) is 5.82 Å². The maximum Gasteiger partial charge on any atom is 0.271 e. The van der Waals surface area contributed by atoms with Crippen LogP contribution in [0.1, 0.15) is 45.0 Å². The van der Waals surface area contributed by atoms with Crippen LogP contribution < -0.4 is 5.56 Å². The van der Waals surface area contributed by atoms with Gasteiger partial charge in [0.25, 0.3) is 12.0 Å². The summed E-state index contributed by atoms with van der Waals surface area (Å²) in [7, 11) is 0. The highest BCUT2D eigenvalue weighted by Gasteiger charge is 2.23. The van der Waals surface area contributed by atoms with E-state index in [-0.39, 0.29) is 16.6 Å². The smallest absolute Gasteiger partial charge is 0.271 e. The van der Waals surface area contributed by atoms with Gasteiger partial charge in [-0.3, -0.25) is 9.89 Å². The molecule has 0 amide bonds. The molecule has 98 valence electrons. The number of aromatic nitrogens is 3. The van der Waals surface area contributed by atoms with Crippen molar-refractivity contribution in [3.05, 3.63) is 33.9 Å². The molecule has 0 fully saturated rings. The molecule has 0 atom stereocenters. The van der Waals surface area contributed by atoms with E-state index in [1.807, 2.05) is 20.8 Å². The number of alkyl halides is 2. The highest BCUT2D eigenvalue weighted by Crippen LogP contribution is 2.24. The van der Waals surface area contributed by atoms with E-state index < -0.39 is 12.0 Å². The maximum atomic E-state index is 12.6. The molecule has 0 radical (unpaired) electrons. The summed E-state index contributed by atoms with van der Waals surface area (Å²) in [6, 6.07) is 2.16. The van der Waals surface area contributed by atoms with Crippen molar-refractivity contribution < 1.29 is 8.78 Å². The van der Waals surface area contributed by atoms with Gasteiger partial charge in [-0.2, -0.15) is 0 Å². The Bertz CT molecular complexity index is 628. The summed E-state index contributed by atoms with van der Waals surface area (Å²) in [5, 5.41) is 2.87. The zero-order valence-corrected chi connectivity index (χ0v) is 10.5. The van der Waals surface area contributed by atoms with E-state index >= 15 is 0 Å². The van der Waals surface area contributed by atoms with E-state index in [2.05, 4.69) is 10.1 Å². The third-order valence-corrected chi connectivity index (χ3v) is 3.26. The molecule has 0 saturated heterocycles. The first-order valence-electron chi connectivity index (χ1n) is 5.76. The van der Waals surface area contributed by atoms with Gasteiger partial charge in [-0.05, 0) is 12.5 Å². The summed E-state index contributed by atoms with van der Waals surface area (Å²) in [6.07, 6.45) is -1.84. The second-order valence-corrected chi connectivity index (χ2v) is 4.93. The second-order valence-electron chi connectivity index (χ2n) is 4.93. The molecule has 0 aliphatic carbocycles. The molecule has 18 heavy (non-hydrogen) atoms. The van der Waals surface area contributed by atoms with E-state index in [4.69, 9.17) is 0 Å². The first-order chi connectivity index (χ1) is 8.35. The molecule has 2 aromatic heterocycles. The van der Waals surface area contributed by atoms with Crippen molar-refractivity contribution in [2.24, 2.45) is 0 Å². The molecule has 4 nitrogen and oxygen atoms in total. The van der Waals surface area contributed by atoms with Gasteiger partial charge in [0.05, 0.1) is 0 Å². The SMILES string of the molecule is CCC(C)(C)c1nc2cc(C(F)F)cc(=O)n2[nH]1. The number of hydrogen-bond acceptors (Lipinski definition) is 2. The van der Waals surface area contributed by atoms with Crippen molar-refractivity contribution in [3.63, 3.8) is 0 Å². The van der Waals surface area contributed by atoms with Crippen molar-refractivity contribution in [3.8, 4) is 0 Å². The van der Waals surface area contributed by atoms with Crippen LogP contribution in [0.4, 0.5) is 8.78 Å². The third-order valence-electron chi connectivity index (χ3n) is 3.26. The van der Waals surface area contributed by atoms with Gasteiger partial charge in [-0.15, -0.1) is 0 Å². The quantitative estimate of drug-likeness (QED) is 0.916. The minimum atomic E-state index is -2.66. The summed E-state index contributed by atoms with van der Waals surface area (Å²) in [5.41, 5.74) is -0.821. The standard InChI is InChI=1S/C12H15F2N3O/c1-4-12(2,3)11-15-8-5-7(10(13)14)6-9(18)17(8)16-11/h5-6,10H,4H2,1-3H3,(H,15,16). The number of nitrogens with one attached hydrogen (secondary N) is 1. The van der Waals surface area contributed by atoms with Crippen molar-refractivity contribution in [2.75, 3.05) is 0 Å². The average Bonchev–Trinajstić information content (AvgIpc) is 2.74. The van der Waals surface area contributed by atoms with Crippen molar-refractivity contribution in [1.29, 1.82) is 0 Å². The highest BCUT2D eigenvalue weighted by molar-refractivity contribution is 5.41. The topological polar surface area (TPSA) is 50.2 Å². The van der Waals surface area contributed by atoms with E-state index in [1.54, 1.807) is 0 Å². The lowest BCUT2D eigenvalue weighted by atomic mass is 9.90. The largest absolute Gasteiger partial charge is 0.276 e. The summed E-state index contributed by atoms with van der Waals surface area (Å²) < 4.78 is 26.4. The molecule has 0 saturated carbocycles.